The fraction of sp³-hybridized carbons (Fsp3) is 0.118. The Morgan fingerprint density at radius 1 is 1.32 bits per heavy atom. The van der Waals surface area contributed by atoms with Gasteiger partial charge < -0.3 is 15.0 Å². The van der Waals surface area contributed by atoms with E-state index in [2.05, 4.69) is 10.3 Å². The number of carboxylic acid groups (broad SMARTS) is 1. The van der Waals surface area contributed by atoms with Gasteiger partial charge in [-0.2, -0.15) is 0 Å². The monoisotopic (exact) mass is 375 g/mol. The van der Waals surface area contributed by atoms with E-state index in [1.54, 1.807) is 19.1 Å². The predicted octanol–water partition coefficient (Wildman–Crippen LogP) is 3.78. The van der Waals surface area contributed by atoms with Gasteiger partial charge in [-0.1, -0.05) is 11.6 Å². The molecule has 3 aromatic rings. The molecular weight excluding hydrogens is 362 g/mol. The fourth-order valence-corrected chi connectivity index (χ4v) is 3.24. The third-order valence-electron chi connectivity index (χ3n) is 3.55. The second kappa shape index (κ2) is 7.08. The Kier molecular flexibility index (Phi) is 4.87. The summed E-state index contributed by atoms with van der Waals surface area (Å²) in [6.07, 6.45) is 5.03. The van der Waals surface area contributed by atoms with Crippen molar-refractivity contribution in [3.8, 4) is 5.69 Å². The van der Waals surface area contributed by atoms with Crippen LogP contribution in [0.15, 0.2) is 48.9 Å². The highest BCUT2D eigenvalue weighted by Crippen LogP contribution is 2.23. The summed E-state index contributed by atoms with van der Waals surface area (Å²) in [4.78, 5) is 27.7. The third-order valence-corrected chi connectivity index (χ3v) is 5.05. The minimum absolute atomic E-state index is 0.128. The number of thiazole rings is 1. The molecule has 1 atom stereocenters. The van der Waals surface area contributed by atoms with Crippen LogP contribution in [0.5, 0.6) is 0 Å². The normalized spacial score (nSPS) is 11.9. The van der Waals surface area contributed by atoms with Gasteiger partial charge >= 0.3 is 5.97 Å². The van der Waals surface area contributed by atoms with Crippen molar-refractivity contribution in [3.63, 3.8) is 0 Å². The van der Waals surface area contributed by atoms with E-state index in [0.717, 1.165) is 17.0 Å². The lowest BCUT2D eigenvalue weighted by atomic mass is 10.1. The van der Waals surface area contributed by atoms with Crippen molar-refractivity contribution in [2.45, 2.75) is 13.0 Å². The zero-order valence-corrected chi connectivity index (χ0v) is 14.7. The van der Waals surface area contributed by atoms with Gasteiger partial charge in [-0.3, -0.25) is 4.79 Å². The number of amides is 1. The highest BCUT2D eigenvalue weighted by molar-refractivity contribution is 7.13. The van der Waals surface area contributed by atoms with Crippen LogP contribution in [-0.4, -0.2) is 26.5 Å². The van der Waals surface area contributed by atoms with E-state index in [1.165, 1.54) is 6.20 Å². The summed E-state index contributed by atoms with van der Waals surface area (Å²) >= 11 is 7.20. The standard InChI is InChI=1S/C17H14ClN3O3S/c1-10(16-19-9-14(25-16)17(23)24)20-15(22)12-8-11(4-5-13(12)18)21-6-2-3-7-21/h2-10H,1H3,(H,20,22)(H,23,24). The molecule has 0 aliphatic heterocycles. The smallest absolute Gasteiger partial charge is 0.347 e. The molecule has 0 radical (unpaired) electrons. The molecule has 0 aliphatic carbocycles. The average molecular weight is 376 g/mol. The van der Waals surface area contributed by atoms with Gasteiger partial charge in [0, 0.05) is 18.1 Å². The maximum Gasteiger partial charge on any atom is 0.347 e. The van der Waals surface area contributed by atoms with Crippen molar-refractivity contribution < 1.29 is 14.7 Å². The van der Waals surface area contributed by atoms with Crippen molar-refractivity contribution in [3.05, 3.63) is 69.4 Å². The summed E-state index contributed by atoms with van der Waals surface area (Å²) in [7, 11) is 0. The number of aromatic carboxylic acids is 1. The number of hydrogen-bond donors (Lipinski definition) is 2. The van der Waals surface area contributed by atoms with Gasteiger partial charge in [-0.25, -0.2) is 9.78 Å². The number of nitrogens with one attached hydrogen (secondary N) is 1. The Hall–Kier alpha value is -2.64. The quantitative estimate of drug-likeness (QED) is 0.710. The first kappa shape index (κ1) is 17.2. The molecule has 2 aromatic heterocycles. The molecule has 1 aromatic carbocycles. The summed E-state index contributed by atoms with van der Waals surface area (Å²) in [6, 6.07) is 8.54. The van der Waals surface area contributed by atoms with Crippen LogP contribution in [0.25, 0.3) is 5.69 Å². The van der Waals surface area contributed by atoms with Crippen molar-refractivity contribution in [1.82, 2.24) is 14.9 Å². The van der Waals surface area contributed by atoms with Crippen LogP contribution < -0.4 is 5.32 Å². The van der Waals surface area contributed by atoms with Crippen molar-refractivity contribution >= 4 is 34.8 Å². The molecule has 0 spiro atoms. The zero-order valence-electron chi connectivity index (χ0n) is 13.1. The van der Waals surface area contributed by atoms with E-state index in [1.807, 2.05) is 35.2 Å². The van der Waals surface area contributed by atoms with Gasteiger partial charge in [-0.05, 0) is 37.3 Å². The minimum Gasteiger partial charge on any atom is -0.477 e. The van der Waals surface area contributed by atoms with Gasteiger partial charge in [0.05, 0.1) is 22.8 Å². The molecule has 25 heavy (non-hydrogen) atoms. The van der Waals surface area contributed by atoms with Crippen molar-refractivity contribution in [2.24, 2.45) is 0 Å². The molecule has 1 unspecified atom stereocenters. The molecule has 128 valence electrons. The lowest BCUT2D eigenvalue weighted by Crippen LogP contribution is -2.27. The highest BCUT2D eigenvalue weighted by atomic mass is 35.5. The molecule has 3 rings (SSSR count). The summed E-state index contributed by atoms with van der Waals surface area (Å²) in [5.41, 5.74) is 1.16. The number of aromatic nitrogens is 2. The van der Waals surface area contributed by atoms with Crippen LogP contribution in [0.1, 0.15) is 38.0 Å². The summed E-state index contributed by atoms with van der Waals surface area (Å²) < 4.78 is 1.87. The van der Waals surface area contributed by atoms with Gasteiger partial charge in [0.15, 0.2) is 0 Å². The molecule has 6 nitrogen and oxygen atoms in total. The van der Waals surface area contributed by atoms with E-state index in [4.69, 9.17) is 16.7 Å². The molecule has 2 heterocycles. The molecule has 0 fully saturated rings. The van der Waals surface area contributed by atoms with E-state index >= 15 is 0 Å². The molecule has 8 heteroatoms. The molecule has 0 bridgehead atoms. The lowest BCUT2D eigenvalue weighted by molar-refractivity contribution is 0.0701. The van der Waals surface area contributed by atoms with Crippen LogP contribution in [0.2, 0.25) is 5.02 Å². The highest BCUT2D eigenvalue weighted by Gasteiger charge is 2.18. The maximum absolute atomic E-state index is 12.6. The average Bonchev–Trinajstić information content (AvgIpc) is 3.27. The predicted molar refractivity (Wildman–Crippen MR) is 95.7 cm³/mol. The number of carbonyl (C=O) groups is 2. The van der Waals surface area contributed by atoms with Crippen LogP contribution >= 0.6 is 22.9 Å². The molecule has 0 aliphatic rings. The van der Waals surface area contributed by atoms with Gasteiger partial charge in [0.25, 0.3) is 5.91 Å². The Morgan fingerprint density at radius 2 is 2.04 bits per heavy atom. The summed E-state index contributed by atoms with van der Waals surface area (Å²) in [5, 5.41) is 12.6. The van der Waals surface area contributed by atoms with Gasteiger partial charge in [0.2, 0.25) is 0 Å². The number of benzene rings is 1. The van der Waals surface area contributed by atoms with Crippen LogP contribution in [-0.2, 0) is 0 Å². The number of hydrogen-bond acceptors (Lipinski definition) is 4. The van der Waals surface area contributed by atoms with Crippen LogP contribution in [0.3, 0.4) is 0 Å². The zero-order chi connectivity index (χ0) is 18.0. The molecule has 0 saturated carbocycles. The van der Waals surface area contributed by atoms with E-state index in [0.29, 0.717) is 15.6 Å². The lowest BCUT2D eigenvalue weighted by Gasteiger charge is -2.13. The first-order valence-corrected chi connectivity index (χ1v) is 8.58. The topological polar surface area (TPSA) is 84.2 Å². The van der Waals surface area contributed by atoms with E-state index in [-0.39, 0.29) is 10.8 Å². The van der Waals surface area contributed by atoms with Crippen molar-refractivity contribution in [1.29, 1.82) is 0 Å². The van der Waals surface area contributed by atoms with E-state index in [9.17, 15) is 9.59 Å². The summed E-state index contributed by atoms with van der Waals surface area (Å²) in [5.74, 6) is -1.39. The Balaban J connectivity index is 1.80. The third kappa shape index (κ3) is 3.72. The maximum atomic E-state index is 12.6. The Bertz CT molecular complexity index is 921. The van der Waals surface area contributed by atoms with Gasteiger partial charge in [-0.15, -0.1) is 11.3 Å². The summed E-state index contributed by atoms with van der Waals surface area (Å²) in [6.45, 7) is 1.74. The molecule has 1 amide bonds. The number of nitrogens with zero attached hydrogens (tertiary/aromatic N) is 2. The van der Waals surface area contributed by atoms with Crippen molar-refractivity contribution in [2.75, 3.05) is 0 Å². The first-order valence-electron chi connectivity index (χ1n) is 7.38. The Labute approximate surface area is 152 Å². The number of rotatable bonds is 5. The number of carboxylic acids is 1. The number of halogens is 1. The fourth-order valence-electron chi connectivity index (χ4n) is 2.28. The molecule has 0 saturated heterocycles. The minimum atomic E-state index is -1.04. The SMILES string of the molecule is CC(NC(=O)c1cc(-n2cccc2)ccc1Cl)c1ncc(C(=O)O)s1. The molecular formula is C17H14ClN3O3S. The van der Waals surface area contributed by atoms with Crippen LogP contribution in [0, 0.1) is 0 Å². The van der Waals surface area contributed by atoms with Crippen LogP contribution in [0.4, 0.5) is 0 Å². The van der Waals surface area contributed by atoms with E-state index < -0.39 is 12.0 Å². The second-order valence-corrected chi connectivity index (χ2v) is 6.79. The first-order chi connectivity index (χ1) is 12.0. The second-order valence-electron chi connectivity index (χ2n) is 5.32. The largest absolute Gasteiger partial charge is 0.477 e. The van der Waals surface area contributed by atoms with Gasteiger partial charge in [0.1, 0.15) is 9.88 Å². The Morgan fingerprint density at radius 3 is 2.68 bits per heavy atom. The molecule has 2 N–H and O–H groups in total. The number of carbonyl (C=O) groups excluding carboxylic acids is 1.